The molecule has 0 amide bonds. The summed E-state index contributed by atoms with van der Waals surface area (Å²) >= 11 is 6.20. The minimum atomic E-state index is -0.548. The molecule has 2 N–H and O–H groups in total. The Labute approximate surface area is 215 Å². The lowest BCUT2D eigenvalue weighted by Crippen LogP contribution is -2.33. The Hall–Kier alpha value is -3.69. The lowest BCUT2D eigenvalue weighted by molar-refractivity contribution is -0.119. The third kappa shape index (κ3) is 4.36. The molecule has 6 nitrogen and oxygen atoms in total. The smallest absolute Gasteiger partial charge is 0.205 e. The topological polar surface area (TPSA) is 90.3 Å². The minimum absolute atomic E-state index is 0.0106. The van der Waals surface area contributed by atoms with Crippen molar-refractivity contribution in [1.29, 1.82) is 5.26 Å². The van der Waals surface area contributed by atoms with Gasteiger partial charge in [0, 0.05) is 42.1 Å². The van der Waals surface area contributed by atoms with Crippen LogP contribution in [0.1, 0.15) is 44.6 Å². The number of hydrogen-bond acceptors (Lipinski definition) is 5. The highest BCUT2D eigenvalue weighted by Gasteiger charge is 2.43. The van der Waals surface area contributed by atoms with Crippen molar-refractivity contribution in [3.05, 3.63) is 88.1 Å². The van der Waals surface area contributed by atoms with Crippen LogP contribution in [0, 0.1) is 16.7 Å². The van der Waals surface area contributed by atoms with Crippen molar-refractivity contribution in [2.24, 2.45) is 11.1 Å². The van der Waals surface area contributed by atoms with Crippen molar-refractivity contribution >= 4 is 28.3 Å². The van der Waals surface area contributed by atoms with Crippen LogP contribution < -0.4 is 10.5 Å². The van der Waals surface area contributed by atoms with E-state index in [1.54, 1.807) is 6.07 Å². The summed E-state index contributed by atoms with van der Waals surface area (Å²) in [5, 5.41) is 11.6. The number of carbonyl (C=O) groups excluding carboxylic acids is 1. The third-order valence-electron chi connectivity index (χ3n) is 6.84. The molecule has 1 unspecified atom stereocenters. The van der Waals surface area contributed by atoms with Gasteiger partial charge in [-0.2, -0.15) is 5.26 Å². The molecule has 0 radical (unpaired) electrons. The Balaban J connectivity index is 1.49. The monoisotopic (exact) mass is 501 g/mol. The zero-order valence-electron chi connectivity index (χ0n) is 20.4. The summed E-state index contributed by atoms with van der Waals surface area (Å²) in [6.07, 6.45) is 3.80. The molecule has 0 spiro atoms. The van der Waals surface area contributed by atoms with E-state index in [1.807, 2.05) is 62.5 Å². The largest absolute Gasteiger partial charge is 0.492 e. The van der Waals surface area contributed by atoms with Gasteiger partial charge >= 0.3 is 0 Å². The van der Waals surface area contributed by atoms with Crippen molar-refractivity contribution in [3.8, 4) is 11.8 Å². The van der Waals surface area contributed by atoms with Gasteiger partial charge in [-0.1, -0.05) is 55.8 Å². The van der Waals surface area contributed by atoms with E-state index in [9.17, 15) is 10.1 Å². The summed E-state index contributed by atoms with van der Waals surface area (Å²) in [5.41, 5.74) is 8.77. The zero-order chi connectivity index (χ0) is 25.4. The van der Waals surface area contributed by atoms with E-state index in [2.05, 4.69) is 10.6 Å². The quantitative estimate of drug-likeness (QED) is 0.405. The van der Waals surface area contributed by atoms with E-state index in [-0.39, 0.29) is 22.7 Å². The Morgan fingerprint density at radius 2 is 1.94 bits per heavy atom. The molecule has 1 aliphatic carbocycles. The molecule has 1 atom stereocenters. The highest BCUT2D eigenvalue weighted by Crippen LogP contribution is 2.49. The van der Waals surface area contributed by atoms with Crippen molar-refractivity contribution in [3.63, 3.8) is 0 Å². The molecule has 3 aromatic rings. The molecule has 2 heterocycles. The Morgan fingerprint density at radius 3 is 2.72 bits per heavy atom. The zero-order valence-corrected chi connectivity index (χ0v) is 21.1. The number of aromatic nitrogens is 1. The van der Waals surface area contributed by atoms with Crippen LogP contribution in [-0.4, -0.2) is 17.0 Å². The normalized spacial score (nSPS) is 19.2. The molecular weight excluding hydrogens is 474 g/mol. The fourth-order valence-electron chi connectivity index (χ4n) is 5.26. The van der Waals surface area contributed by atoms with Crippen LogP contribution in [0.15, 0.2) is 77.5 Å². The number of benzene rings is 2. The van der Waals surface area contributed by atoms with Crippen LogP contribution in [0.2, 0.25) is 5.02 Å². The Morgan fingerprint density at radius 1 is 1.19 bits per heavy atom. The minimum Gasteiger partial charge on any atom is -0.492 e. The molecule has 36 heavy (non-hydrogen) atoms. The van der Waals surface area contributed by atoms with Crippen molar-refractivity contribution in [2.75, 3.05) is 6.61 Å². The number of hydrogen-bond donors (Lipinski definition) is 1. The second-order valence-electron chi connectivity index (χ2n) is 10.1. The van der Waals surface area contributed by atoms with Gasteiger partial charge in [-0.05, 0) is 35.6 Å². The highest BCUT2D eigenvalue weighted by atomic mass is 35.5. The second-order valence-corrected chi connectivity index (χ2v) is 10.5. The fourth-order valence-corrected chi connectivity index (χ4v) is 5.46. The molecule has 184 valence electrons. The van der Waals surface area contributed by atoms with Gasteiger partial charge in [-0.15, -0.1) is 0 Å². The first-order valence-electron chi connectivity index (χ1n) is 12.1. The SMILES string of the molecule is CC1(C)CC(=O)C2=C(C1)OC(N)=C(C#N)C2c1cn(CCCOc2ccccc2Cl)c2ccccc12. The first kappa shape index (κ1) is 24.0. The summed E-state index contributed by atoms with van der Waals surface area (Å²) in [6.45, 7) is 5.29. The molecule has 2 aliphatic rings. The lowest BCUT2D eigenvalue weighted by atomic mass is 9.70. The number of nitriles is 1. The fraction of sp³-hybridized carbons (Fsp3) is 0.310. The van der Waals surface area contributed by atoms with Crippen LogP contribution in [0.25, 0.3) is 10.9 Å². The van der Waals surface area contributed by atoms with E-state index in [0.717, 1.165) is 22.9 Å². The third-order valence-corrected chi connectivity index (χ3v) is 7.16. The molecular formula is C29H28ClN3O3. The molecule has 0 fully saturated rings. The number of aryl methyl sites for hydroxylation is 1. The summed E-state index contributed by atoms with van der Waals surface area (Å²) in [4.78, 5) is 13.4. The van der Waals surface area contributed by atoms with Crippen molar-refractivity contribution in [1.82, 2.24) is 4.57 Å². The first-order chi connectivity index (χ1) is 17.3. The van der Waals surface area contributed by atoms with Crippen LogP contribution in [0.3, 0.4) is 0 Å². The van der Waals surface area contributed by atoms with E-state index < -0.39 is 5.92 Å². The molecule has 5 rings (SSSR count). The molecule has 0 bridgehead atoms. The number of carbonyl (C=O) groups is 1. The Bertz CT molecular complexity index is 1460. The predicted octanol–water partition coefficient (Wildman–Crippen LogP) is 6.21. The maximum absolute atomic E-state index is 13.4. The van der Waals surface area contributed by atoms with Gasteiger partial charge in [-0.3, -0.25) is 4.79 Å². The molecule has 0 saturated carbocycles. The molecule has 1 aliphatic heterocycles. The van der Waals surface area contributed by atoms with Gasteiger partial charge in [0.05, 0.1) is 17.5 Å². The van der Waals surface area contributed by atoms with Crippen LogP contribution >= 0.6 is 11.6 Å². The number of nitrogens with two attached hydrogens (primary N) is 1. The van der Waals surface area contributed by atoms with Gasteiger partial charge in [0.15, 0.2) is 5.78 Å². The number of halogens is 1. The number of para-hydroxylation sites is 2. The second kappa shape index (κ2) is 9.40. The molecule has 0 saturated heterocycles. The van der Waals surface area contributed by atoms with E-state index in [4.69, 9.17) is 26.8 Å². The summed E-state index contributed by atoms with van der Waals surface area (Å²) in [5.74, 6) is 0.792. The van der Waals surface area contributed by atoms with Crippen molar-refractivity contribution in [2.45, 2.75) is 45.6 Å². The lowest BCUT2D eigenvalue weighted by Gasteiger charge is -2.37. The maximum Gasteiger partial charge on any atom is 0.205 e. The number of rotatable bonds is 6. The van der Waals surface area contributed by atoms with E-state index in [1.165, 1.54) is 0 Å². The van der Waals surface area contributed by atoms with Gasteiger partial charge in [0.1, 0.15) is 23.2 Å². The summed E-state index contributed by atoms with van der Waals surface area (Å²) in [6, 6.07) is 17.7. The number of nitrogens with zero attached hydrogens (tertiary/aromatic N) is 2. The van der Waals surface area contributed by atoms with Gasteiger partial charge < -0.3 is 19.8 Å². The van der Waals surface area contributed by atoms with Gasteiger partial charge in [-0.25, -0.2) is 0 Å². The van der Waals surface area contributed by atoms with Crippen molar-refractivity contribution < 1.29 is 14.3 Å². The number of ketones is 1. The number of allylic oxidation sites excluding steroid dienone is 3. The Kier molecular flexibility index (Phi) is 6.27. The average molecular weight is 502 g/mol. The molecule has 1 aromatic heterocycles. The number of ether oxygens (including phenoxy) is 2. The van der Waals surface area contributed by atoms with Crippen LogP contribution in [0.4, 0.5) is 0 Å². The average Bonchev–Trinajstić information content (AvgIpc) is 3.19. The maximum atomic E-state index is 13.4. The first-order valence-corrected chi connectivity index (χ1v) is 12.5. The standard InChI is InChI=1S/C29H28ClN3O3/c1-29(2)14-23(34)27-25(15-29)36-28(32)19(16-31)26(27)20-17-33(22-10-5-3-8-18(20)22)12-7-13-35-24-11-6-4-9-21(24)30/h3-6,8-11,17,26H,7,12-15,32H2,1-2H3. The summed E-state index contributed by atoms with van der Waals surface area (Å²) in [7, 11) is 0. The molecule has 7 heteroatoms. The van der Waals surface area contributed by atoms with Gasteiger partial charge in [0.25, 0.3) is 0 Å². The molecule has 2 aromatic carbocycles. The number of fused-ring (bicyclic) bond motifs is 1. The van der Waals surface area contributed by atoms with E-state index >= 15 is 0 Å². The predicted molar refractivity (Wildman–Crippen MR) is 139 cm³/mol. The van der Waals surface area contributed by atoms with Crippen LogP contribution in [-0.2, 0) is 16.1 Å². The summed E-state index contributed by atoms with van der Waals surface area (Å²) < 4.78 is 13.9. The highest BCUT2D eigenvalue weighted by molar-refractivity contribution is 6.32. The number of Topliss-reactive ketones (excluding diaryl/α,β-unsaturated/α-hetero) is 1. The van der Waals surface area contributed by atoms with E-state index in [0.29, 0.717) is 48.1 Å². The van der Waals surface area contributed by atoms with Crippen LogP contribution in [0.5, 0.6) is 5.75 Å². The van der Waals surface area contributed by atoms with Gasteiger partial charge in [0.2, 0.25) is 5.88 Å².